The van der Waals surface area contributed by atoms with Crippen LogP contribution in [0.1, 0.15) is 23.6 Å². The van der Waals surface area contributed by atoms with Gasteiger partial charge in [0.2, 0.25) is 0 Å². The van der Waals surface area contributed by atoms with Crippen LogP contribution >= 0.6 is 31.9 Å². The molecular formula is C28H25Br2N3O4. The fraction of sp³-hybridized carbons (Fsp3) is 0.179. The van der Waals surface area contributed by atoms with Gasteiger partial charge in [0.15, 0.2) is 6.61 Å². The van der Waals surface area contributed by atoms with Crippen molar-refractivity contribution in [2.24, 2.45) is 0 Å². The summed E-state index contributed by atoms with van der Waals surface area (Å²) < 4.78 is 12.5. The minimum atomic E-state index is -0.582. The summed E-state index contributed by atoms with van der Waals surface area (Å²) in [6.45, 7) is 6.05. The smallest absolute Gasteiger partial charge is 0.266 e. The maximum Gasteiger partial charge on any atom is 0.266 e. The van der Waals surface area contributed by atoms with E-state index in [2.05, 4.69) is 42.5 Å². The summed E-state index contributed by atoms with van der Waals surface area (Å²) in [7, 11) is 0. The molecule has 0 spiro atoms. The molecule has 7 nitrogen and oxygen atoms in total. The van der Waals surface area contributed by atoms with E-state index in [-0.39, 0.29) is 18.1 Å². The number of rotatable bonds is 9. The van der Waals surface area contributed by atoms with Crippen LogP contribution in [0.3, 0.4) is 0 Å². The molecule has 0 aromatic heterocycles. The van der Waals surface area contributed by atoms with Gasteiger partial charge in [0.25, 0.3) is 11.8 Å². The minimum Gasteiger partial charge on any atom is -0.494 e. The van der Waals surface area contributed by atoms with Crippen LogP contribution in [0, 0.1) is 25.2 Å². The summed E-state index contributed by atoms with van der Waals surface area (Å²) >= 11 is 6.86. The zero-order chi connectivity index (χ0) is 26.9. The number of hydrogen-bond donors (Lipinski definition) is 2. The maximum atomic E-state index is 12.8. The van der Waals surface area contributed by atoms with Crippen molar-refractivity contribution in [1.29, 1.82) is 5.26 Å². The molecule has 2 amide bonds. The van der Waals surface area contributed by atoms with Gasteiger partial charge < -0.3 is 20.1 Å². The van der Waals surface area contributed by atoms with E-state index in [4.69, 9.17) is 9.47 Å². The van der Waals surface area contributed by atoms with Gasteiger partial charge in [0.1, 0.15) is 23.1 Å². The fourth-order valence-electron chi connectivity index (χ4n) is 3.42. The maximum absolute atomic E-state index is 12.8. The van der Waals surface area contributed by atoms with Gasteiger partial charge in [0.05, 0.1) is 11.1 Å². The Balaban J connectivity index is 1.77. The third-order valence-corrected chi connectivity index (χ3v) is 6.18. The van der Waals surface area contributed by atoms with E-state index in [0.717, 1.165) is 11.1 Å². The Labute approximate surface area is 232 Å². The monoisotopic (exact) mass is 625 g/mol. The van der Waals surface area contributed by atoms with Crippen LogP contribution in [-0.2, 0) is 9.59 Å². The lowest BCUT2D eigenvalue weighted by Crippen LogP contribution is -2.21. The second-order valence-electron chi connectivity index (χ2n) is 8.04. The normalized spacial score (nSPS) is 10.9. The molecule has 0 radical (unpaired) electrons. The Hall–Kier alpha value is -3.61. The number of nitrogens with one attached hydrogen (secondary N) is 2. The second kappa shape index (κ2) is 13.1. The zero-order valence-electron chi connectivity index (χ0n) is 20.5. The molecule has 3 rings (SSSR count). The van der Waals surface area contributed by atoms with E-state index in [1.54, 1.807) is 36.4 Å². The van der Waals surface area contributed by atoms with E-state index < -0.39 is 5.91 Å². The molecule has 9 heteroatoms. The van der Waals surface area contributed by atoms with Gasteiger partial charge in [-0.15, -0.1) is 0 Å². The van der Waals surface area contributed by atoms with Gasteiger partial charge in [-0.25, -0.2) is 0 Å². The Morgan fingerprint density at radius 2 is 1.73 bits per heavy atom. The summed E-state index contributed by atoms with van der Waals surface area (Å²) in [5.74, 6) is 0.0752. The van der Waals surface area contributed by atoms with Gasteiger partial charge in [0, 0.05) is 21.4 Å². The molecule has 0 saturated carbocycles. The topological polar surface area (TPSA) is 100 Å². The molecule has 0 atom stereocenters. The number of halogens is 2. The predicted octanol–water partition coefficient (Wildman–Crippen LogP) is 6.79. The summed E-state index contributed by atoms with van der Waals surface area (Å²) in [5.41, 5.74) is 3.57. The minimum absolute atomic E-state index is 0.136. The first-order valence-corrected chi connectivity index (χ1v) is 12.9. The molecule has 0 saturated heterocycles. The molecule has 0 aliphatic heterocycles. The Kier molecular flexibility index (Phi) is 9.89. The van der Waals surface area contributed by atoms with Crippen LogP contribution < -0.4 is 20.1 Å². The average molecular weight is 627 g/mol. The van der Waals surface area contributed by atoms with E-state index in [1.807, 2.05) is 45.0 Å². The highest BCUT2D eigenvalue weighted by molar-refractivity contribution is 9.11. The number of benzene rings is 3. The van der Waals surface area contributed by atoms with Crippen LogP contribution in [0.25, 0.3) is 6.08 Å². The largest absolute Gasteiger partial charge is 0.494 e. The second-order valence-corrected chi connectivity index (χ2v) is 9.81. The molecule has 2 N–H and O–H groups in total. The lowest BCUT2D eigenvalue weighted by Gasteiger charge is -2.14. The third-order valence-electron chi connectivity index (χ3n) is 5.13. The number of ether oxygens (including phenoxy) is 2. The number of carbonyl (C=O) groups is 2. The number of anilines is 2. The first-order chi connectivity index (χ1) is 17.7. The average Bonchev–Trinajstić information content (AvgIpc) is 2.85. The fourth-order valence-corrected chi connectivity index (χ4v) is 4.79. The van der Waals surface area contributed by atoms with Crippen molar-refractivity contribution >= 4 is 61.1 Å². The van der Waals surface area contributed by atoms with E-state index in [1.165, 1.54) is 6.08 Å². The van der Waals surface area contributed by atoms with E-state index in [9.17, 15) is 14.9 Å². The molecule has 3 aromatic carbocycles. The van der Waals surface area contributed by atoms with Crippen molar-refractivity contribution in [2.75, 3.05) is 23.8 Å². The molecule has 37 heavy (non-hydrogen) atoms. The van der Waals surface area contributed by atoms with Crippen molar-refractivity contribution in [3.63, 3.8) is 0 Å². The van der Waals surface area contributed by atoms with Crippen molar-refractivity contribution < 1.29 is 19.1 Å². The van der Waals surface area contributed by atoms with Crippen LogP contribution in [0.15, 0.2) is 69.1 Å². The third kappa shape index (κ3) is 7.94. The molecule has 0 aliphatic rings. The van der Waals surface area contributed by atoms with E-state index in [0.29, 0.717) is 44.0 Å². The molecule has 0 unspecified atom stereocenters. The Bertz CT molecular complexity index is 1380. The summed E-state index contributed by atoms with van der Waals surface area (Å²) in [5, 5.41) is 15.2. The van der Waals surface area contributed by atoms with Crippen molar-refractivity contribution in [3.05, 3.63) is 85.8 Å². The van der Waals surface area contributed by atoms with Gasteiger partial charge in [-0.1, -0.05) is 33.6 Å². The van der Waals surface area contributed by atoms with Crippen LogP contribution in [0.2, 0.25) is 0 Å². The van der Waals surface area contributed by atoms with Crippen molar-refractivity contribution in [1.82, 2.24) is 0 Å². The zero-order valence-corrected chi connectivity index (χ0v) is 23.7. The molecule has 0 fully saturated rings. The van der Waals surface area contributed by atoms with Gasteiger partial charge in [-0.05, 0) is 90.8 Å². The number of nitrogens with zero attached hydrogens (tertiary/aromatic N) is 1. The standard InChI is InChI=1S/C28H25Br2N3O4/c1-4-36-23-8-6-22(7-9-23)32-28(35)20(15-31)12-19-13-21(29)14-24(30)27(19)37-16-26(34)33-25-10-5-17(2)11-18(25)3/h5-14H,4,16H2,1-3H3,(H,32,35)(H,33,34)/b20-12+. The highest BCUT2D eigenvalue weighted by Gasteiger charge is 2.16. The predicted molar refractivity (Wildman–Crippen MR) is 152 cm³/mol. The number of aryl methyl sites for hydroxylation is 2. The number of hydrogen-bond acceptors (Lipinski definition) is 5. The first kappa shape index (κ1) is 28.0. The Morgan fingerprint density at radius 3 is 2.38 bits per heavy atom. The lowest BCUT2D eigenvalue weighted by atomic mass is 10.1. The summed E-state index contributed by atoms with van der Waals surface area (Å²) in [6.07, 6.45) is 1.41. The molecular weight excluding hydrogens is 602 g/mol. The van der Waals surface area contributed by atoms with E-state index >= 15 is 0 Å². The van der Waals surface area contributed by atoms with Gasteiger partial charge in [-0.3, -0.25) is 9.59 Å². The SMILES string of the molecule is CCOc1ccc(NC(=O)/C(C#N)=C/c2cc(Br)cc(Br)c2OCC(=O)Nc2ccc(C)cc2C)cc1. The molecule has 0 bridgehead atoms. The molecule has 3 aromatic rings. The van der Waals surface area contributed by atoms with Crippen LogP contribution in [0.5, 0.6) is 11.5 Å². The number of amides is 2. The number of carbonyl (C=O) groups excluding carboxylic acids is 2. The molecule has 0 aliphatic carbocycles. The molecule has 0 heterocycles. The first-order valence-electron chi connectivity index (χ1n) is 11.3. The van der Waals surface area contributed by atoms with Crippen molar-refractivity contribution in [3.8, 4) is 17.6 Å². The quantitative estimate of drug-likeness (QED) is 0.201. The highest BCUT2D eigenvalue weighted by atomic mass is 79.9. The number of nitriles is 1. The summed E-state index contributed by atoms with van der Waals surface area (Å²) in [6, 6.07) is 18.0. The van der Waals surface area contributed by atoms with Crippen LogP contribution in [-0.4, -0.2) is 25.0 Å². The highest BCUT2D eigenvalue weighted by Crippen LogP contribution is 2.34. The summed E-state index contributed by atoms with van der Waals surface area (Å²) in [4.78, 5) is 25.4. The van der Waals surface area contributed by atoms with Gasteiger partial charge >= 0.3 is 0 Å². The molecule has 190 valence electrons. The van der Waals surface area contributed by atoms with Crippen molar-refractivity contribution in [2.45, 2.75) is 20.8 Å². The Morgan fingerprint density at radius 1 is 1.00 bits per heavy atom. The van der Waals surface area contributed by atoms with Crippen LogP contribution in [0.4, 0.5) is 11.4 Å². The van der Waals surface area contributed by atoms with Gasteiger partial charge in [-0.2, -0.15) is 5.26 Å². The lowest BCUT2D eigenvalue weighted by molar-refractivity contribution is -0.118.